The first kappa shape index (κ1) is 15.3. The van der Waals surface area contributed by atoms with Crippen LogP contribution in [0.15, 0.2) is 43.1 Å². The average Bonchev–Trinajstić information content (AvgIpc) is 2.81. The van der Waals surface area contributed by atoms with Gasteiger partial charge in [0, 0.05) is 17.1 Å². The molecule has 1 atom stereocenters. The van der Waals surface area contributed by atoms with Crippen LogP contribution in [0.2, 0.25) is 0 Å². The number of H-pyrrole nitrogens is 1. The molecule has 1 aromatic carbocycles. The lowest BCUT2D eigenvalue weighted by atomic mass is 10.1. The smallest absolute Gasteiger partial charge is 0.250 e. The molecule has 1 aromatic heterocycles. The van der Waals surface area contributed by atoms with Gasteiger partial charge in [-0.2, -0.15) is 0 Å². The van der Waals surface area contributed by atoms with Gasteiger partial charge in [0.2, 0.25) is 10.0 Å². The van der Waals surface area contributed by atoms with Gasteiger partial charge in [-0.3, -0.25) is 9.52 Å². The van der Waals surface area contributed by atoms with Crippen LogP contribution in [0.25, 0.3) is 10.9 Å². The molecule has 0 aliphatic carbocycles. The summed E-state index contributed by atoms with van der Waals surface area (Å²) in [7, 11) is -3.70. The van der Waals surface area contributed by atoms with E-state index in [9.17, 15) is 13.2 Å². The monoisotopic (exact) mass is 307 g/mol. The second kappa shape index (κ2) is 6.11. The van der Waals surface area contributed by atoms with Crippen LogP contribution in [0.1, 0.15) is 5.56 Å². The third kappa shape index (κ3) is 3.71. The highest BCUT2D eigenvalue weighted by atomic mass is 32.2. The van der Waals surface area contributed by atoms with Gasteiger partial charge >= 0.3 is 0 Å². The van der Waals surface area contributed by atoms with Crippen molar-refractivity contribution in [2.24, 2.45) is 5.73 Å². The number of para-hydroxylation sites is 1. The molecule has 6 nitrogen and oxygen atoms in total. The standard InChI is InChI=1S/C14H17N3O3S/c1-2-7-21(19,20)17-14(18)12(15)8-10-9-16-13-6-4-3-5-11(10)13/h2-6,9,12,16H,1,7-8,15H2,(H,17,18)/t12-/m0/s1. The number of carbonyl (C=O) groups excluding carboxylic acids is 1. The molecule has 0 fully saturated rings. The van der Waals surface area contributed by atoms with E-state index in [1.54, 1.807) is 6.20 Å². The Morgan fingerprint density at radius 2 is 2.14 bits per heavy atom. The summed E-state index contributed by atoms with van der Waals surface area (Å²) in [6.45, 7) is 3.33. The number of rotatable bonds is 6. The topological polar surface area (TPSA) is 105 Å². The number of benzene rings is 1. The Kier molecular flexibility index (Phi) is 4.44. The van der Waals surface area contributed by atoms with Crippen LogP contribution in [0, 0.1) is 0 Å². The van der Waals surface area contributed by atoms with Crippen molar-refractivity contribution in [3.8, 4) is 0 Å². The van der Waals surface area contributed by atoms with E-state index in [0.717, 1.165) is 16.5 Å². The molecule has 1 amide bonds. The lowest BCUT2D eigenvalue weighted by molar-refractivity contribution is -0.120. The van der Waals surface area contributed by atoms with Gasteiger partial charge in [-0.15, -0.1) is 6.58 Å². The fraction of sp³-hybridized carbons (Fsp3) is 0.214. The van der Waals surface area contributed by atoms with Gasteiger partial charge in [-0.05, 0) is 18.1 Å². The maximum absolute atomic E-state index is 11.8. The summed E-state index contributed by atoms with van der Waals surface area (Å²) in [5.41, 5.74) is 7.60. The summed E-state index contributed by atoms with van der Waals surface area (Å²) in [6.07, 6.45) is 3.23. The third-order valence-corrected chi connectivity index (χ3v) is 4.23. The zero-order chi connectivity index (χ0) is 15.5. The maximum atomic E-state index is 11.8. The number of nitrogens with one attached hydrogen (secondary N) is 2. The van der Waals surface area contributed by atoms with Crippen molar-refractivity contribution in [3.05, 3.63) is 48.7 Å². The van der Waals surface area contributed by atoms with Crippen molar-refractivity contribution in [1.29, 1.82) is 0 Å². The van der Waals surface area contributed by atoms with E-state index >= 15 is 0 Å². The van der Waals surface area contributed by atoms with Crippen LogP contribution >= 0.6 is 0 Å². The number of aromatic nitrogens is 1. The molecule has 1 heterocycles. The van der Waals surface area contributed by atoms with Crippen molar-refractivity contribution in [2.45, 2.75) is 12.5 Å². The molecule has 0 saturated carbocycles. The lowest BCUT2D eigenvalue weighted by Crippen LogP contribution is -2.45. The van der Waals surface area contributed by atoms with E-state index in [1.165, 1.54) is 6.08 Å². The molecule has 21 heavy (non-hydrogen) atoms. The number of sulfonamides is 1. The molecule has 0 aliphatic rings. The Morgan fingerprint density at radius 3 is 2.86 bits per heavy atom. The first-order valence-corrected chi connectivity index (χ1v) is 8.04. The van der Waals surface area contributed by atoms with Crippen LogP contribution in [0.4, 0.5) is 0 Å². The molecule has 0 saturated heterocycles. The summed E-state index contributed by atoms with van der Waals surface area (Å²) < 4.78 is 24.9. The van der Waals surface area contributed by atoms with Gasteiger partial charge in [-0.1, -0.05) is 24.3 Å². The molecule has 0 radical (unpaired) electrons. The van der Waals surface area contributed by atoms with Gasteiger partial charge in [0.25, 0.3) is 5.91 Å². The molecule has 112 valence electrons. The molecular weight excluding hydrogens is 290 g/mol. The molecule has 2 rings (SSSR count). The molecule has 4 N–H and O–H groups in total. The Balaban J connectivity index is 2.09. The van der Waals surface area contributed by atoms with E-state index in [4.69, 9.17) is 5.73 Å². The second-order valence-corrected chi connectivity index (χ2v) is 6.47. The SMILES string of the molecule is C=CCS(=O)(=O)NC(=O)[C@@H](N)Cc1c[nH]c2ccccc12. The first-order valence-electron chi connectivity index (χ1n) is 6.39. The van der Waals surface area contributed by atoms with Crippen LogP contribution in [0.5, 0.6) is 0 Å². The van der Waals surface area contributed by atoms with Crippen LogP contribution < -0.4 is 10.5 Å². The molecule has 7 heteroatoms. The number of nitrogens with two attached hydrogens (primary N) is 1. The van der Waals surface area contributed by atoms with E-state index < -0.39 is 22.0 Å². The number of hydrogen-bond donors (Lipinski definition) is 3. The Bertz CT molecular complexity index is 765. The highest BCUT2D eigenvalue weighted by Crippen LogP contribution is 2.18. The predicted molar refractivity (Wildman–Crippen MR) is 82.1 cm³/mol. The van der Waals surface area contributed by atoms with E-state index in [2.05, 4.69) is 11.6 Å². The third-order valence-electron chi connectivity index (χ3n) is 3.04. The minimum absolute atomic E-state index is 0.249. The van der Waals surface area contributed by atoms with Gasteiger partial charge in [0.15, 0.2) is 0 Å². The predicted octanol–water partition coefficient (Wildman–Crippen LogP) is 0.670. The fourth-order valence-electron chi connectivity index (χ4n) is 2.06. The van der Waals surface area contributed by atoms with Crippen LogP contribution in [0.3, 0.4) is 0 Å². The van der Waals surface area contributed by atoms with E-state index in [-0.39, 0.29) is 12.2 Å². The van der Waals surface area contributed by atoms with Crippen molar-refractivity contribution in [3.63, 3.8) is 0 Å². The minimum atomic E-state index is -3.70. The zero-order valence-electron chi connectivity index (χ0n) is 11.4. The quantitative estimate of drug-likeness (QED) is 0.682. The lowest BCUT2D eigenvalue weighted by Gasteiger charge is -2.11. The number of amides is 1. The number of hydrogen-bond acceptors (Lipinski definition) is 4. The zero-order valence-corrected chi connectivity index (χ0v) is 12.2. The van der Waals surface area contributed by atoms with Crippen molar-refractivity contribution in [2.75, 3.05) is 5.75 Å². The molecule has 2 aromatic rings. The summed E-state index contributed by atoms with van der Waals surface area (Å²) in [4.78, 5) is 14.9. The van der Waals surface area contributed by atoms with Crippen molar-refractivity contribution in [1.82, 2.24) is 9.71 Å². The van der Waals surface area contributed by atoms with Crippen LogP contribution in [-0.2, 0) is 21.2 Å². The summed E-state index contributed by atoms with van der Waals surface area (Å²) in [5.74, 6) is -1.04. The van der Waals surface area contributed by atoms with Gasteiger partial charge in [0.1, 0.15) is 0 Å². The Morgan fingerprint density at radius 1 is 1.43 bits per heavy atom. The fourth-order valence-corrected chi connectivity index (χ4v) is 2.91. The van der Waals surface area contributed by atoms with Crippen LogP contribution in [-0.4, -0.2) is 31.1 Å². The normalized spacial score (nSPS) is 13.0. The first-order chi connectivity index (χ1) is 9.93. The molecule has 0 unspecified atom stereocenters. The molecule has 0 spiro atoms. The van der Waals surface area contributed by atoms with Gasteiger partial charge in [0.05, 0.1) is 11.8 Å². The van der Waals surface area contributed by atoms with E-state index in [0.29, 0.717) is 0 Å². The summed E-state index contributed by atoms with van der Waals surface area (Å²) >= 11 is 0. The van der Waals surface area contributed by atoms with Gasteiger partial charge < -0.3 is 10.7 Å². The second-order valence-electron chi connectivity index (χ2n) is 4.71. The largest absolute Gasteiger partial charge is 0.361 e. The highest BCUT2D eigenvalue weighted by Gasteiger charge is 2.20. The summed E-state index contributed by atoms with van der Waals surface area (Å²) in [6, 6.07) is 6.68. The van der Waals surface area contributed by atoms with Crippen molar-refractivity contribution >= 4 is 26.8 Å². The Labute approximate surface area is 123 Å². The van der Waals surface area contributed by atoms with Gasteiger partial charge in [-0.25, -0.2) is 8.42 Å². The number of carbonyl (C=O) groups is 1. The number of fused-ring (bicyclic) bond motifs is 1. The van der Waals surface area contributed by atoms with E-state index in [1.807, 2.05) is 29.0 Å². The molecule has 0 bridgehead atoms. The molecular formula is C14H17N3O3S. The summed E-state index contributed by atoms with van der Waals surface area (Å²) in [5, 5.41) is 0.967. The molecule has 0 aliphatic heterocycles. The maximum Gasteiger partial charge on any atom is 0.250 e. The highest BCUT2D eigenvalue weighted by molar-refractivity contribution is 7.90. The average molecular weight is 307 g/mol. The van der Waals surface area contributed by atoms with Crippen molar-refractivity contribution < 1.29 is 13.2 Å². The Hall–Kier alpha value is -2.12. The minimum Gasteiger partial charge on any atom is -0.361 e. The number of aromatic amines is 1.